The lowest BCUT2D eigenvalue weighted by Gasteiger charge is -2.17. The summed E-state index contributed by atoms with van der Waals surface area (Å²) >= 11 is 0. The first-order chi connectivity index (χ1) is 11.9. The third-order valence-electron chi connectivity index (χ3n) is 3.99. The highest BCUT2D eigenvalue weighted by Gasteiger charge is 2.23. The minimum atomic E-state index is -0.638. The maximum absolute atomic E-state index is 12.6. The molecule has 6 heteroatoms. The van der Waals surface area contributed by atoms with E-state index in [1.165, 1.54) is 25.3 Å². The second-order valence-corrected chi connectivity index (χ2v) is 6.06. The van der Waals surface area contributed by atoms with Gasteiger partial charge in [0.1, 0.15) is 22.8 Å². The molecular formula is C19H22O6. The van der Waals surface area contributed by atoms with Gasteiger partial charge in [0, 0.05) is 25.3 Å². The van der Waals surface area contributed by atoms with Gasteiger partial charge in [-0.15, -0.1) is 0 Å². The summed E-state index contributed by atoms with van der Waals surface area (Å²) in [6.07, 6.45) is 4.13. The van der Waals surface area contributed by atoms with Crippen LogP contribution in [0.15, 0.2) is 24.3 Å². The molecule has 2 rings (SSSR count). The second kappa shape index (κ2) is 8.46. The molecule has 0 saturated carbocycles. The molecule has 0 amide bonds. The second-order valence-electron chi connectivity index (χ2n) is 6.06. The molecule has 1 aromatic carbocycles. The van der Waals surface area contributed by atoms with Crippen molar-refractivity contribution in [1.82, 2.24) is 0 Å². The predicted octanol–water partition coefficient (Wildman–Crippen LogP) is 2.76. The normalized spacial score (nSPS) is 19.8. The molecule has 0 saturated heterocycles. The number of cyclic esters (lactones) is 1. The number of phenols is 1. The van der Waals surface area contributed by atoms with Gasteiger partial charge in [-0.3, -0.25) is 9.59 Å². The quantitative estimate of drug-likeness (QED) is 0.787. The SMILES string of the molecule is COc1cc(O)cc2c1C(=O)O[C@@H](C)CCC(=O)CCC=CC(=O)C2. The Labute approximate surface area is 146 Å². The number of hydrogen-bond donors (Lipinski definition) is 1. The van der Waals surface area contributed by atoms with Gasteiger partial charge in [0.15, 0.2) is 5.78 Å². The number of ketones is 2. The molecule has 0 fully saturated rings. The van der Waals surface area contributed by atoms with Crippen LogP contribution in [0.5, 0.6) is 11.5 Å². The summed E-state index contributed by atoms with van der Waals surface area (Å²) in [5.74, 6) is -0.757. The van der Waals surface area contributed by atoms with Gasteiger partial charge >= 0.3 is 5.97 Å². The summed E-state index contributed by atoms with van der Waals surface area (Å²) in [4.78, 5) is 36.5. The van der Waals surface area contributed by atoms with Crippen LogP contribution in [0.2, 0.25) is 0 Å². The van der Waals surface area contributed by atoms with Gasteiger partial charge < -0.3 is 14.6 Å². The fourth-order valence-electron chi connectivity index (χ4n) is 2.68. The molecule has 6 nitrogen and oxygen atoms in total. The largest absolute Gasteiger partial charge is 0.508 e. The van der Waals surface area contributed by atoms with Gasteiger partial charge in [0.25, 0.3) is 0 Å². The molecule has 0 unspecified atom stereocenters. The van der Waals surface area contributed by atoms with Crippen molar-refractivity contribution in [2.75, 3.05) is 7.11 Å². The summed E-state index contributed by atoms with van der Waals surface area (Å²) in [6.45, 7) is 1.72. The molecule has 1 aliphatic heterocycles. The van der Waals surface area contributed by atoms with Crippen molar-refractivity contribution in [1.29, 1.82) is 0 Å². The molecule has 1 atom stereocenters. The van der Waals surface area contributed by atoms with Crippen LogP contribution in [0.3, 0.4) is 0 Å². The number of fused-ring (bicyclic) bond motifs is 1. The molecular weight excluding hydrogens is 324 g/mol. The monoisotopic (exact) mass is 346 g/mol. The zero-order valence-corrected chi connectivity index (χ0v) is 14.4. The van der Waals surface area contributed by atoms with Crippen LogP contribution in [0.25, 0.3) is 0 Å². The predicted molar refractivity (Wildman–Crippen MR) is 90.9 cm³/mol. The Balaban J connectivity index is 2.42. The van der Waals surface area contributed by atoms with E-state index >= 15 is 0 Å². The van der Waals surface area contributed by atoms with Crippen molar-refractivity contribution in [2.45, 2.75) is 45.1 Å². The minimum absolute atomic E-state index is 0.0694. The van der Waals surface area contributed by atoms with Crippen molar-refractivity contribution in [3.63, 3.8) is 0 Å². The molecule has 25 heavy (non-hydrogen) atoms. The molecule has 1 aromatic rings. The summed E-state index contributed by atoms with van der Waals surface area (Å²) in [7, 11) is 1.37. The third kappa shape index (κ3) is 5.17. The number of allylic oxidation sites excluding steroid dienone is 2. The molecule has 1 N–H and O–H groups in total. The first-order valence-electron chi connectivity index (χ1n) is 8.22. The number of aromatic hydroxyl groups is 1. The van der Waals surface area contributed by atoms with E-state index in [0.29, 0.717) is 31.2 Å². The maximum Gasteiger partial charge on any atom is 0.342 e. The third-order valence-corrected chi connectivity index (χ3v) is 3.99. The van der Waals surface area contributed by atoms with E-state index in [4.69, 9.17) is 9.47 Å². The van der Waals surface area contributed by atoms with E-state index in [-0.39, 0.29) is 35.0 Å². The summed E-state index contributed by atoms with van der Waals surface area (Å²) < 4.78 is 10.6. The van der Waals surface area contributed by atoms with Crippen molar-refractivity contribution in [3.8, 4) is 11.5 Å². The highest BCUT2D eigenvalue weighted by atomic mass is 16.5. The lowest BCUT2D eigenvalue weighted by molar-refractivity contribution is -0.119. The summed E-state index contributed by atoms with van der Waals surface area (Å²) in [5.41, 5.74) is 0.467. The zero-order chi connectivity index (χ0) is 18.4. The van der Waals surface area contributed by atoms with E-state index in [0.717, 1.165) is 0 Å². The molecule has 0 aromatic heterocycles. The van der Waals surface area contributed by atoms with Crippen molar-refractivity contribution < 1.29 is 29.0 Å². The van der Waals surface area contributed by atoms with Gasteiger partial charge in [-0.2, -0.15) is 0 Å². The van der Waals surface area contributed by atoms with Gasteiger partial charge in [-0.25, -0.2) is 4.79 Å². The van der Waals surface area contributed by atoms with E-state index in [1.54, 1.807) is 13.0 Å². The zero-order valence-electron chi connectivity index (χ0n) is 14.4. The van der Waals surface area contributed by atoms with Gasteiger partial charge in [0.2, 0.25) is 0 Å². The first kappa shape index (κ1) is 18.7. The Morgan fingerprint density at radius 2 is 1.96 bits per heavy atom. The molecule has 0 bridgehead atoms. The number of esters is 1. The fourth-order valence-corrected chi connectivity index (χ4v) is 2.68. The summed E-state index contributed by atoms with van der Waals surface area (Å²) in [6, 6.07) is 2.67. The smallest absolute Gasteiger partial charge is 0.342 e. The lowest BCUT2D eigenvalue weighted by atomic mass is 9.99. The highest BCUT2D eigenvalue weighted by Crippen LogP contribution is 2.30. The highest BCUT2D eigenvalue weighted by molar-refractivity contribution is 5.98. The number of benzene rings is 1. The fraction of sp³-hybridized carbons (Fsp3) is 0.421. The molecule has 0 aliphatic carbocycles. The van der Waals surface area contributed by atoms with E-state index in [1.807, 2.05) is 0 Å². The Morgan fingerprint density at radius 3 is 2.68 bits per heavy atom. The van der Waals surface area contributed by atoms with Gasteiger partial charge in [-0.05, 0) is 37.5 Å². The number of Topliss-reactive ketones (excluding diaryl/α,β-unsaturated/α-hetero) is 1. The van der Waals surface area contributed by atoms with Gasteiger partial charge in [-0.1, -0.05) is 6.08 Å². The van der Waals surface area contributed by atoms with Crippen LogP contribution in [0.1, 0.15) is 48.5 Å². The number of rotatable bonds is 1. The van der Waals surface area contributed by atoms with E-state index < -0.39 is 12.1 Å². The van der Waals surface area contributed by atoms with Crippen LogP contribution >= 0.6 is 0 Å². The molecule has 1 heterocycles. The van der Waals surface area contributed by atoms with Gasteiger partial charge in [0.05, 0.1) is 13.2 Å². The standard InChI is InChI=1S/C19H22O6/c1-12-7-8-14(20)5-3-4-6-15(21)9-13-10-16(22)11-17(24-2)18(13)19(23)25-12/h4,6,10-12,22H,3,5,7-9H2,1-2H3/t12-/m0/s1. The Bertz CT molecular complexity index is 704. The number of phenolic OH excluding ortho intramolecular Hbond substituents is 1. The number of methoxy groups -OCH3 is 1. The summed E-state index contributed by atoms with van der Waals surface area (Å²) in [5, 5.41) is 9.83. The first-order valence-corrected chi connectivity index (χ1v) is 8.22. The van der Waals surface area contributed by atoms with Crippen LogP contribution in [0.4, 0.5) is 0 Å². The van der Waals surface area contributed by atoms with Crippen LogP contribution < -0.4 is 4.74 Å². The number of carbonyl (C=O) groups excluding carboxylic acids is 3. The number of ether oxygens (including phenoxy) is 2. The maximum atomic E-state index is 12.6. The molecule has 0 spiro atoms. The van der Waals surface area contributed by atoms with E-state index in [9.17, 15) is 19.5 Å². The number of hydrogen-bond acceptors (Lipinski definition) is 6. The van der Waals surface area contributed by atoms with Crippen LogP contribution in [-0.2, 0) is 20.7 Å². The van der Waals surface area contributed by atoms with Crippen LogP contribution in [0, 0.1) is 0 Å². The minimum Gasteiger partial charge on any atom is -0.508 e. The Kier molecular flexibility index (Phi) is 6.33. The Morgan fingerprint density at radius 1 is 1.20 bits per heavy atom. The molecule has 1 aliphatic rings. The van der Waals surface area contributed by atoms with Crippen molar-refractivity contribution in [3.05, 3.63) is 35.4 Å². The number of carbonyl (C=O) groups is 3. The molecule has 0 radical (unpaired) electrons. The Hall–Kier alpha value is -2.63. The average Bonchev–Trinajstić information content (AvgIpc) is 2.55. The topological polar surface area (TPSA) is 89.9 Å². The average molecular weight is 346 g/mol. The van der Waals surface area contributed by atoms with Crippen molar-refractivity contribution in [2.24, 2.45) is 0 Å². The van der Waals surface area contributed by atoms with Crippen molar-refractivity contribution >= 4 is 17.5 Å². The van der Waals surface area contributed by atoms with E-state index in [2.05, 4.69) is 0 Å². The lowest BCUT2D eigenvalue weighted by Crippen LogP contribution is -2.19. The van der Waals surface area contributed by atoms with Crippen LogP contribution in [-0.4, -0.2) is 35.9 Å². The molecule has 134 valence electrons.